The van der Waals surface area contributed by atoms with Crippen LogP contribution in [-0.2, 0) is 12.8 Å². The summed E-state index contributed by atoms with van der Waals surface area (Å²) in [7, 11) is 2.01. The zero-order valence-electron chi connectivity index (χ0n) is 12.5. The zero-order chi connectivity index (χ0) is 14.1. The lowest BCUT2D eigenvalue weighted by molar-refractivity contribution is 0.0649. The van der Waals surface area contributed by atoms with E-state index in [4.69, 9.17) is 0 Å². The van der Waals surface area contributed by atoms with Gasteiger partial charge in [-0.15, -0.1) is 0 Å². The summed E-state index contributed by atoms with van der Waals surface area (Å²) in [6, 6.07) is 6.83. The van der Waals surface area contributed by atoms with E-state index in [0.29, 0.717) is 12.0 Å². The summed E-state index contributed by atoms with van der Waals surface area (Å²) >= 11 is 0. The number of hydrogen-bond donors (Lipinski definition) is 1. The Hall–Kier alpha value is -1.35. The van der Waals surface area contributed by atoms with Crippen molar-refractivity contribution in [1.29, 1.82) is 0 Å². The molecule has 0 spiro atoms. The summed E-state index contributed by atoms with van der Waals surface area (Å²) in [5.74, 6) is 0.730. The highest BCUT2D eigenvalue weighted by Crippen LogP contribution is 2.24. The quantitative estimate of drug-likeness (QED) is 0.895. The average Bonchev–Trinajstić information content (AvgIpc) is 2.93. The summed E-state index contributed by atoms with van der Waals surface area (Å²) in [4.78, 5) is 14.7. The lowest BCUT2D eigenvalue weighted by atomic mass is 9.93. The molecule has 2 unspecified atom stereocenters. The number of likely N-dealkylation sites (tertiary alicyclic amines) is 1. The molecule has 2 atom stereocenters. The Bertz CT molecular complexity index is 512. The highest BCUT2D eigenvalue weighted by atomic mass is 16.2. The highest BCUT2D eigenvalue weighted by molar-refractivity contribution is 5.94. The topological polar surface area (TPSA) is 32.3 Å². The van der Waals surface area contributed by atoms with Crippen LogP contribution in [0.25, 0.3) is 0 Å². The molecule has 0 bridgehead atoms. The van der Waals surface area contributed by atoms with E-state index >= 15 is 0 Å². The summed E-state index contributed by atoms with van der Waals surface area (Å²) in [5, 5.41) is 3.35. The smallest absolute Gasteiger partial charge is 0.253 e. The number of aryl methyl sites for hydroxylation is 2. The Morgan fingerprint density at radius 2 is 2.10 bits per heavy atom. The second-order valence-corrected chi connectivity index (χ2v) is 6.25. The monoisotopic (exact) mass is 272 g/mol. The largest absolute Gasteiger partial charge is 0.338 e. The minimum Gasteiger partial charge on any atom is -0.338 e. The number of hydrogen-bond acceptors (Lipinski definition) is 2. The Labute approximate surface area is 121 Å². The van der Waals surface area contributed by atoms with Gasteiger partial charge in [-0.1, -0.05) is 13.0 Å². The number of piperidine rings is 1. The van der Waals surface area contributed by atoms with Gasteiger partial charge in [0.15, 0.2) is 0 Å². The first-order chi connectivity index (χ1) is 9.69. The second kappa shape index (κ2) is 5.57. The van der Waals surface area contributed by atoms with Gasteiger partial charge in [-0.25, -0.2) is 0 Å². The molecule has 20 heavy (non-hydrogen) atoms. The first-order valence-electron chi connectivity index (χ1n) is 7.77. The van der Waals surface area contributed by atoms with E-state index in [9.17, 15) is 4.79 Å². The fourth-order valence-corrected chi connectivity index (χ4v) is 3.65. The number of carbonyl (C=O) groups is 1. The van der Waals surface area contributed by atoms with Gasteiger partial charge in [0.1, 0.15) is 0 Å². The standard InChI is InChI=1S/C17H24N2O/c1-12-11-19(9-8-16(12)18-2)17(20)15-7-6-13-4-3-5-14(13)10-15/h6-7,10,12,16,18H,3-5,8-9,11H2,1-2H3. The summed E-state index contributed by atoms with van der Waals surface area (Å²) in [5.41, 5.74) is 3.69. The van der Waals surface area contributed by atoms with Gasteiger partial charge in [0.05, 0.1) is 0 Å². The van der Waals surface area contributed by atoms with Crippen molar-refractivity contribution >= 4 is 5.91 Å². The van der Waals surface area contributed by atoms with Crippen LogP contribution >= 0.6 is 0 Å². The van der Waals surface area contributed by atoms with Gasteiger partial charge in [-0.2, -0.15) is 0 Å². The van der Waals surface area contributed by atoms with Crippen molar-refractivity contribution in [2.24, 2.45) is 5.92 Å². The van der Waals surface area contributed by atoms with Gasteiger partial charge in [-0.05, 0) is 61.9 Å². The molecule has 1 amide bonds. The second-order valence-electron chi connectivity index (χ2n) is 6.25. The normalized spacial score (nSPS) is 25.6. The van der Waals surface area contributed by atoms with Crippen LogP contribution in [0.5, 0.6) is 0 Å². The molecule has 0 aromatic heterocycles. The average molecular weight is 272 g/mol. The minimum absolute atomic E-state index is 0.209. The number of fused-ring (bicyclic) bond motifs is 1. The molecular weight excluding hydrogens is 248 g/mol. The van der Waals surface area contributed by atoms with E-state index in [0.717, 1.165) is 31.5 Å². The van der Waals surface area contributed by atoms with Crippen molar-refractivity contribution in [3.05, 3.63) is 34.9 Å². The molecule has 1 fully saturated rings. The minimum atomic E-state index is 0.209. The molecule has 0 saturated carbocycles. The number of benzene rings is 1. The van der Waals surface area contributed by atoms with Crippen LogP contribution in [0.1, 0.15) is 41.3 Å². The maximum Gasteiger partial charge on any atom is 0.253 e. The fourth-order valence-electron chi connectivity index (χ4n) is 3.65. The first-order valence-corrected chi connectivity index (χ1v) is 7.77. The molecule has 3 rings (SSSR count). The highest BCUT2D eigenvalue weighted by Gasteiger charge is 2.28. The van der Waals surface area contributed by atoms with Crippen molar-refractivity contribution in [2.45, 2.75) is 38.6 Å². The predicted molar refractivity (Wildman–Crippen MR) is 81.0 cm³/mol. The Morgan fingerprint density at radius 1 is 1.30 bits per heavy atom. The summed E-state index contributed by atoms with van der Waals surface area (Å²) in [6.45, 7) is 3.95. The van der Waals surface area contributed by atoms with E-state index in [1.54, 1.807) is 0 Å². The van der Waals surface area contributed by atoms with Gasteiger partial charge in [0.25, 0.3) is 5.91 Å². The Kier molecular flexibility index (Phi) is 3.79. The molecule has 2 aliphatic rings. The van der Waals surface area contributed by atoms with Crippen molar-refractivity contribution in [3.8, 4) is 0 Å². The molecule has 1 aliphatic carbocycles. The molecule has 1 N–H and O–H groups in total. The SMILES string of the molecule is CNC1CCN(C(=O)c2ccc3c(c2)CCC3)CC1C. The number of rotatable bonds is 2. The zero-order valence-corrected chi connectivity index (χ0v) is 12.5. The summed E-state index contributed by atoms with van der Waals surface area (Å²) < 4.78 is 0. The molecule has 1 heterocycles. The van der Waals surface area contributed by atoms with Crippen molar-refractivity contribution in [2.75, 3.05) is 20.1 Å². The molecule has 1 aromatic rings. The third kappa shape index (κ3) is 2.47. The molecule has 0 radical (unpaired) electrons. The van der Waals surface area contributed by atoms with Gasteiger partial charge in [0, 0.05) is 24.7 Å². The Morgan fingerprint density at radius 3 is 2.85 bits per heavy atom. The molecule has 1 aliphatic heterocycles. The molecule has 3 heteroatoms. The lowest BCUT2D eigenvalue weighted by Gasteiger charge is -2.36. The van der Waals surface area contributed by atoms with Crippen LogP contribution in [0.3, 0.4) is 0 Å². The first kappa shape index (κ1) is 13.6. The van der Waals surface area contributed by atoms with Crippen molar-refractivity contribution < 1.29 is 4.79 Å². The van der Waals surface area contributed by atoms with Gasteiger partial charge in [-0.3, -0.25) is 4.79 Å². The van der Waals surface area contributed by atoms with Crippen LogP contribution in [0.2, 0.25) is 0 Å². The van der Waals surface area contributed by atoms with Crippen LogP contribution in [0.4, 0.5) is 0 Å². The van der Waals surface area contributed by atoms with E-state index < -0.39 is 0 Å². The van der Waals surface area contributed by atoms with E-state index in [1.807, 2.05) is 18.0 Å². The maximum atomic E-state index is 12.6. The fraction of sp³-hybridized carbons (Fsp3) is 0.588. The molecule has 1 aromatic carbocycles. The van der Waals surface area contributed by atoms with Crippen LogP contribution in [0, 0.1) is 5.92 Å². The predicted octanol–water partition coefficient (Wildman–Crippen LogP) is 2.25. The molecule has 108 valence electrons. The third-order valence-corrected chi connectivity index (χ3v) is 4.91. The lowest BCUT2D eigenvalue weighted by Crippen LogP contribution is -2.49. The summed E-state index contributed by atoms with van der Waals surface area (Å²) in [6.07, 6.45) is 4.59. The van der Waals surface area contributed by atoms with Crippen LogP contribution in [-0.4, -0.2) is 37.0 Å². The van der Waals surface area contributed by atoms with Gasteiger partial charge < -0.3 is 10.2 Å². The van der Waals surface area contributed by atoms with Gasteiger partial charge >= 0.3 is 0 Å². The number of carbonyl (C=O) groups excluding carboxylic acids is 1. The number of nitrogens with one attached hydrogen (secondary N) is 1. The van der Waals surface area contributed by atoms with Crippen LogP contribution in [0.15, 0.2) is 18.2 Å². The van der Waals surface area contributed by atoms with Crippen molar-refractivity contribution in [3.63, 3.8) is 0 Å². The third-order valence-electron chi connectivity index (χ3n) is 4.91. The van der Waals surface area contributed by atoms with Crippen molar-refractivity contribution in [1.82, 2.24) is 10.2 Å². The molecule has 3 nitrogen and oxygen atoms in total. The molecule has 1 saturated heterocycles. The van der Waals surface area contributed by atoms with E-state index in [2.05, 4.69) is 24.4 Å². The van der Waals surface area contributed by atoms with E-state index in [-0.39, 0.29) is 5.91 Å². The Balaban J connectivity index is 1.73. The van der Waals surface area contributed by atoms with E-state index in [1.165, 1.54) is 24.0 Å². The molecular formula is C17H24N2O. The maximum absolute atomic E-state index is 12.6. The van der Waals surface area contributed by atoms with Gasteiger partial charge in [0.2, 0.25) is 0 Å². The van der Waals surface area contributed by atoms with Crippen LogP contribution < -0.4 is 5.32 Å². The number of amides is 1. The number of nitrogens with zero attached hydrogens (tertiary/aromatic N) is 1.